The van der Waals surface area contributed by atoms with Crippen molar-refractivity contribution in [3.8, 4) is 0 Å². The van der Waals surface area contributed by atoms with Crippen LogP contribution in [0.4, 0.5) is 5.82 Å². The number of carboxylic acid groups (broad SMARTS) is 1. The van der Waals surface area contributed by atoms with Gasteiger partial charge in [-0.2, -0.15) is 0 Å². The van der Waals surface area contributed by atoms with Crippen molar-refractivity contribution in [2.45, 2.75) is 26.3 Å². The standard InChI is InChI=1S/C20H23N3O3/c1-14-5-2-9-18(21-14)22-19(24)17-8-4-10-23(13-17)12-15-6-3-7-16(11-15)20(25)26/h2-3,5-7,9,11,17H,4,8,10,12-13H2,1H3,(H,25,26)(H,21,22,24). The molecule has 6 heteroatoms. The highest BCUT2D eigenvalue weighted by molar-refractivity contribution is 5.92. The minimum Gasteiger partial charge on any atom is -0.478 e. The van der Waals surface area contributed by atoms with Gasteiger partial charge in [-0.1, -0.05) is 18.2 Å². The number of aryl methyl sites for hydroxylation is 1. The van der Waals surface area contributed by atoms with Gasteiger partial charge in [0.1, 0.15) is 5.82 Å². The maximum atomic E-state index is 12.6. The van der Waals surface area contributed by atoms with Gasteiger partial charge >= 0.3 is 5.97 Å². The molecule has 1 amide bonds. The van der Waals surface area contributed by atoms with Crippen LogP contribution in [0.25, 0.3) is 0 Å². The van der Waals surface area contributed by atoms with Crippen molar-refractivity contribution in [1.29, 1.82) is 0 Å². The zero-order valence-electron chi connectivity index (χ0n) is 14.8. The van der Waals surface area contributed by atoms with Gasteiger partial charge in [0.05, 0.1) is 11.5 Å². The maximum Gasteiger partial charge on any atom is 0.335 e. The lowest BCUT2D eigenvalue weighted by Gasteiger charge is -2.32. The van der Waals surface area contributed by atoms with Gasteiger partial charge in [0, 0.05) is 18.8 Å². The molecule has 1 saturated heterocycles. The van der Waals surface area contributed by atoms with Gasteiger partial charge in [0.2, 0.25) is 5.91 Å². The number of pyridine rings is 1. The van der Waals surface area contributed by atoms with Crippen LogP contribution in [0, 0.1) is 12.8 Å². The summed E-state index contributed by atoms with van der Waals surface area (Å²) < 4.78 is 0. The summed E-state index contributed by atoms with van der Waals surface area (Å²) in [5.41, 5.74) is 2.11. The topological polar surface area (TPSA) is 82.5 Å². The van der Waals surface area contributed by atoms with Crippen LogP contribution in [0.3, 0.4) is 0 Å². The normalized spacial score (nSPS) is 17.7. The third kappa shape index (κ3) is 4.67. The van der Waals surface area contributed by atoms with Crippen LogP contribution in [0.2, 0.25) is 0 Å². The zero-order chi connectivity index (χ0) is 18.5. The van der Waals surface area contributed by atoms with Gasteiger partial charge in [-0.15, -0.1) is 0 Å². The molecule has 0 saturated carbocycles. The third-order valence-electron chi connectivity index (χ3n) is 4.60. The maximum absolute atomic E-state index is 12.6. The number of likely N-dealkylation sites (tertiary alicyclic amines) is 1. The van der Waals surface area contributed by atoms with E-state index in [0.29, 0.717) is 24.5 Å². The summed E-state index contributed by atoms with van der Waals surface area (Å²) in [6, 6.07) is 12.5. The first kappa shape index (κ1) is 18.1. The van der Waals surface area contributed by atoms with E-state index in [2.05, 4.69) is 15.2 Å². The van der Waals surface area contributed by atoms with Crippen molar-refractivity contribution >= 4 is 17.7 Å². The van der Waals surface area contributed by atoms with Gasteiger partial charge < -0.3 is 10.4 Å². The van der Waals surface area contributed by atoms with Crippen molar-refractivity contribution in [2.75, 3.05) is 18.4 Å². The SMILES string of the molecule is Cc1cccc(NC(=O)C2CCCN(Cc3cccc(C(=O)O)c3)C2)n1. The number of nitrogens with zero attached hydrogens (tertiary/aromatic N) is 2. The molecule has 1 aliphatic heterocycles. The number of hydrogen-bond donors (Lipinski definition) is 2. The van der Waals surface area contributed by atoms with Crippen molar-refractivity contribution < 1.29 is 14.7 Å². The summed E-state index contributed by atoms with van der Waals surface area (Å²) in [4.78, 5) is 30.2. The van der Waals surface area contributed by atoms with Crippen LogP contribution < -0.4 is 5.32 Å². The second-order valence-electron chi connectivity index (χ2n) is 6.73. The molecule has 1 aromatic heterocycles. The highest BCUT2D eigenvalue weighted by Gasteiger charge is 2.26. The van der Waals surface area contributed by atoms with Crippen LogP contribution in [0.15, 0.2) is 42.5 Å². The summed E-state index contributed by atoms with van der Waals surface area (Å²) in [5, 5.41) is 12.0. The summed E-state index contributed by atoms with van der Waals surface area (Å²) in [7, 11) is 0. The Balaban J connectivity index is 1.61. The highest BCUT2D eigenvalue weighted by Crippen LogP contribution is 2.20. The molecule has 1 fully saturated rings. The molecule has 0 radical (unpaired) electrons. The Labute approximate surface area is 152 Å². The van der Waals surface area contributed by atoms with Gasteiger partial charge in [-0.3, -0.25) is 9.69 Å². The van der Waals surface area contributed by atoms with Crippen LogP contribution in [0.1, 0.15) is 34.5 Å². The smallest absolute Gasteiger partial charge is 0.335 e. The van der Waals surface area contributed by atoms with E-state index >= 15 is 0 Å². The molecule has 26 heavy (non-hydrogen) atoms. The molecular formula is C20H23N3O3. The molecule has 0 aliphatic carbocycles. The average Bonchev–Trinajstić information content (AvgIpc) is 2.62. The molecule has 6 nitrogen and oxygen atoms in total. The van der Waals surface area contributed by atoms with E-state index in [-0.39, 0.29) is 11.8 Å². The Hall–Kier alpha value is -2.73. The molecule has 0 bridgehead atoms. The Bertz CT molecular complexity index is 806. The minimum atomic E-state index is -0.923. The highest BCUT2D eigenvalue weighted by atomic mass is 16.4. The van der Waals surface area contributed by atoms with E-state index in [1.165, 1.54) is 0 Å². The van der Waals surface area contributed by atoms with Crippen LogP contribution in [-0.4, -0.2) is 40.0 Å². The molecule has 1 unspecified atom stereocenters. The number of rotatable bonds is 5. The molecule has 3 rings (SSSR count). The van der Waals surface area contributed by atoms with E-state index in [4.69, 9.17) is 5.11 Å². The second kappa shape index (κ2) is 8.10. The lowest BCUT2D eigenvalue weighted by atomic mass is 9.96. The molecule has 2 aromatic rings. The minimum absolute atomic E-state index is 0.00733. The average molecular weight is 353 g/mol. The van der Waals surface area contributed by atoms with Crippen molar-refractivity contribution in [2.24, 2.45) is 5.92 Å². The second-order valence-corrected chi connectivity index (χ2v) is 6.73. The number of aromatic nitrogens is 1. The number of aromatic carboxylic acids is 1. The number of piperidine rings is 1. The predicted octanol–water partition coefficient (Wildman–Crippen LogP) is 2.94. The molecule has 2 heterocycles. The monoisotopic (exact) mass is 353 g/mol. The fraction of sp³-hybridized carbons (Fsp3) is 0.350. The van der Waals surface area contributed by atoms with Crippen LogP contribution in [0.5, 0.6) is 0 Å². The zero-order valence-corrected chi connectivity index (χ0v) is 14.8. The van der Waals surface area contributed by atoms with Crippen LogP contribution in [-0.2, 0) is 11.3 Å². The first-order valence-electron chi connectivity index (χ1n) is 8.80. The number of carbonyl (C=O) groups is 2. The summed E-state index contributed by atoms with van der Waals surface area (Å²) in [5.74, 6) is -0.435. The molecule has 136 valence electrons. The third-order valence-corrected chi connectivity index (χ3v) is 4.60. The van der Waals surface area contributed by atoms with E-state index in [0.717, 1.165) is 30.6 Å². The van der Waals surface area contributed by atoms with Gasteiger partial charge in [0.15, 0.2) is 0 Å². The fourth-order valence-electron chi connectivity index (χ4n) is 3.32. The largest absolute Gasteiger partial charge is 0.478 e. The number of carboxylic acids is 1. The Morgan fingerprint density at radius 2 is 2.08 bits per heavy atom. The number of benzene rings is 1. The molecule has 1 atom stereocenters. The van der Waals surface area contributed by atoms with Gasteiger partial charge in [-0.25, -0.2) is 9.78 Å². The van der Waals surface area contributed by atoms with Crippen molar-refractivity contribution in [3.63, 3.8) is 0 Å². The van der Waals surface area contributed by atoms with E-state index in [1.807, 2.05) is 25.1 Å². The predicted molar refractivity (Wildman–Crippen MR) is 99.0 cm³/mol. The number of hydrogen-bond acceptors (Lipinski definition) is 4. The summed E-state index contributed by atoms with van der Waals surface area (Å²) >= 11 is 0. The molecular weight excluding hydrogens is 330 g/mol. The lowest BCUT2D eigenvalue weighted by molar-refractivity contribution is -0.121. The Morgan fingerprint density at radius 1 is 1.27 bits per heavy atom. The summed E-state index contributed by atoms with van der Waals surface area (Å²) in [6.07, 6.45) is 1.79. The Kier molecular flexibility index (Phi) is 5.63. The number of anilines is 1. The van der Waals surface area contributed by atoms with E-state index in [9.17, 15) is 9.59 Å². The molecule has 1 aromatic carbocycles. The summed E-state index contributed by atoms with van der Waals surface area (Å²) in [6.45, 7) is 4.11. The first-order valence-corrected chi connectivity index (χ1v) is 8.80. The number of amides is 1. The number of nitrogens with one attached hydrogen (secondary N) is 1. The van der Waals surface area contributed by atoms with E-state index < -0.39 is 5.97 Å². The van der Waals surface area contributed by atoms with Crippen LogP contribution >= 0.6 is 0 Å². The number of carbonyl (C=O) groups excluding carboxylic acids is 1. The molecule has 0 spiro atoms. The molecule has 2 N–H and O–H groups in total. The van der Waals surface area contributed by atoms with Crippen molar-refractivity contribution in [1.82, 2.24) is 9.88 Å². The quantitative estimate of drug-likeness (QED) is 0.864. The Morgan fingerprint density at radius 3 is 2.85 bits per heavy atom. The fourth-order valence-corrected chi connectivity index (χ4v) is 3.32. The molecule has 1 aliphatic rings. The first-order chi connectivity index (χ1) is 12.5. The van der Waals surface area contributed by atoms with Crippen molar-refractivity contribution in [3.05, 3.63) is 59.3 Å². The van der Waals surface area contributed by atoms with Gasteiger partial charge in [-0.05, 0) is 56.1 Å². The van der Waals surface area contributed by atoms with Gasteiger partial charge in [0.25, 0.3) is 0 Å². The van der Waals surface area contributed by atoms with E-state index in [1.54, 1.807) is 24.3 Å². The lowest BCUT2D eigenvalue weighted by Crippen LogP contribution is -2.40.